The van der Waals surface area contributed by atoms with E-state index in [1.54, 1.807) is 6.92 Å². The minimum atomic E-state index is -1.11. The molecule has 1 atom stereocenters. The topological polar surface area (TPSA) is 101 Å². The van der Waals surface area contributed by atoms with Gasteiger partial charge < -0.3 is 14.9 Å². The monoisotopic (exact) mass is 272 g/mol. The Balaban J connectivity index is 0. The number of carbonyl (C=O) groups is 3. The van der Waals surface area contributed by atoms with Crippen molar-refractivity contribution in [1.29, 1.82) is 0 Å². The molecule has 19 heavy (non-hydrogen) atoms. The zero-order valence-electron chi connectivity index (χ0n) is 11.2. The van der Waals surface area contributed by atoms with E-state index in [1.165, 1.54) is 6.08 Å². The van der Waals surface area contributed by atoms with Gasteiger partial charge in [0.15, 0.2) is 6.10 Å². The van der Waals surface area contributed by atoms with Gasteiger partial charge in [-0.2, -0.15) is 0 Å². The molecule has 0 saturated heterocycles. The molecule has 0 aliphatic heterocycles. The van der Waals surface area contributed by atoms with Crippen molar-refractivity contribution in [3.8, 4) is 0 Å². The molecule has 0 rings (SSSR count). The minimum absolute atomic E-state index is 0.353. The zero-order chi connectivity index (χ0) is 15.3. The molecule has 0 heterocycles. The van der Waals surface area contributed by atoms with Gasteiger partial charge in [0, 0.05) is 12.2 Å². The largest absolute Gasteiger partial charge is 0.479 e. The zero-order valence-corrected chi connectivity index (χ0v) is 11.2. The molecule has 0 aromatic heterocycles. The van der Waals surface area contributed by atoms with Crippen LogP contribution in [0.1, 0.15) is 33.1 Å². The number of hydrogen-bond acceptors (Lipinski definition) is 4. The second kappa shape index (κ2) is 12.3. The van der Waals surface area contributed by atoms with E-state index in [-0.39, 0.29) is 0 Å². The van der Waals surface area contributed by atoms with Gasteiger partial charge in [-0.05, 0) is 19.8 Å². The van der Waals surface area contributed by atoms with Gasteiger partial charge in [0.25, 0.3) is 0 Å². The maximum Gasteiger partial charge on any atom is 0.345 e. The molecule has 6 nitrogen and oxygen atoms in total. The third-order valence-electron chi connectivity index (χ3n) is 1.83. The van der Waals surface area contributed by atoms with E-state index >= 15 is 0 Å². The first-order valence-corrected chi connectivity index (χ1v) is 5.80. The molecule has 0 spiro atoms. The number of carboxylic acids is 2. The highest BCUT2D eigenvalue weighted by atomic mass is 16.6. The van der Waals surface area contributed by atoms with Gasteiger partial charge in [0.1, 0.15) is 0 Å². The van der Waals surface area contributed by atoms with Crippen LogP contribution in [0.25, 0.3) is 0 Å². The van der Waals surface area contributed by atoms with Crippen molar-refractivity contribution in [3.05, 3.63) is 24.8 Å². The lowest BCUT2D eigenvalue weighted by atomic mass is 10.1. The predicted molar refractivity (Wildman–Crippen MR) is 69.7 cm³/mol. The van der Waals surface area contributed by atoms with Crippen molar-refractivity contribution in [3.63, 3.8) is 0 Å². The summed E-state index contributed by atoms with van der Waals surface area (Å²) in [4.78, 5) is 30.7. The molecule has 0 aromatic carbocycles. The highest BCUT2D eigenvalue weighted by Crippen LogP contribution is 2.05. The molecular weight excluding hydrogens is 252 g/mol. The summed E-state index contributed by atoms with van der Waals surface area (Å²) >= 11 is 0. The van der Waals surface area contributed by atoms with Crippen LogP contribution in [0.4, 0.5) is 0 Å². The Hall–Kier alpha value is -2.11. The van der Waals surface area contributed by atoms with Gasteiger partial charge in [0.05, 0.1) is 0 Å². The first kappa shape index (κ1) is 19.2. The number of unbranched alkanes of at least 4 members (excludes halogenated alkanes) is 1. The molecule has 0 aromatic rings. The highest BCUT2D eigenvalue weighted by molar-refractivity contribution is 5.84. The molecule has 0 aliphatic rings. The summed E-state index contributed by atoms with van der Waals surface area (Å²) in [7, 11) is 0. The smallest absolute Gasteiger partial charge is 0.345 e. The fraction of sp³-hybridized carbons (Fsp3) is 0.462. The number of aliphatic carboxylic acids is 2. The molecule has 0 radical (unpaired) electrons. The average molecular weight is 272 g/mol. The maximum absolute atomic E-state index is 10.7. The number of carboxylic acid groups (broad SMARTS) is 2. The first-order valence-electron chi connectivity index (χ1n) is 5.80. The summed E-state index contributed by atoms with van der Waals surface area (Å²) < 4.78 is 4.61. The van der Waals surface area contributed by atoms with Crippen LogP contribution in [-0.2, 0) is 19.1 Å². The van der Waals surface area contributed by atoms with Crippen molar-refractivity contribution < 1.29 is 29.3 Å². The Bertz CT molecular complexity index is 332. The average Bonchev–Trinajstić information content (AvgIpc) is 2.34. The summed E-state index contributed by atoms with van der Waals surface area (Å²) in [6.45, 7) is 6.79. The second-order valence-electron chi connectivity index (χ2n) is 3.45. The summed E-state index contributed by atoms with van der Waals surface area (Å²) in [5.41, 5.74) is 0. The molecule has 6 heteroatoms. The standard InChI is InChI=1S/C9H14O4.C4H6O2/c1-3-5-6-7(9(11)12)13-8(10)4-2;1-2-3-4(5)6/h4,7H,2-3,5-6H2,1H3,(H,11,12);2-3H,1H3,(H,5,6). The number of hydrogen-bond donors (Lipinski definition) is 2. The fourth-order valence-electron chi connectivity index (χ4n) is 0.953. The lowest BCUT2D eigenvalue weighted by Gasteiger charge is -2.11. The molecular formula is C13H20O6. The van der Waals surface area contributed by atoms with E-state index in [4.69, 9.17) is 10.2 Å². The van der Waals surface area contributed by atoms with E-state index in [9.17, 15) is 14.4 Å². The summed E-state index contributed by atoms with van der Waals surface area (Å²) in [6.07, 6.45) is 4.43. The molecule has 1 unspecified atom stereocenters. The van der Waals surface area contributed by atoms with Crippen molar-refractivity contribution in [2.45, 2.75) is 39.2 Å². The second-order valence-corrected chi connectivity index (χ2v) is 3.45. The molecule has 2 N–H and O–H groups in total. The van der Waals surface area contributed by atoms with Gasteiger partial charge in [-0.15, -0.1) is 0 Å². The Kier molecular flexibility index (Phi) is 12.5. The van der Waals surface area contributed by atoms with Crippen LogP contribution in [-0.4, -0.2) is 34.2 Å². The maximum atomic E-state index is 10.7. The van der Waals surface area contributed by atoms with Gasteiger partial charge >= 0.3 is 17.9 Å². The predicted octanol–water partition coefficient (Wildman–Crippen LogP) is 2.01. The fourth-order valence-corrected chi connectivity index (χ4v) is 0.953. The first-order chi connectivity index (χ1) is 8.88. The van der Waals surface area contributed by atoms with E-state index < -0.39 is 24.0 Å². The van der Waals surface area contributed by atoms with Gasteiger partial charge in [-0.25, -0.2) is 14.4 Å². The number of ether oxygens (including phenoxy) is 1. The van der Waals surface area contributed by atoms with Crippen LogP contribution < -0.4 is 0 Å². The Morgan fingerprint density at radius 3 is 2.16 bits per heavy atom. The lowest BCUT2D eigenvalue weighted by Crippen LogP contribution is -2.26. The van der Waals surface area contributed by atoms with Crippen molar-refractivity contribution in [2.24, 2.45) is 0 Å². The number of rotatable bonds is 7. The van der Waals surface area contributed by atoms with E-state index in [2.05, 4.69) is 11.3 Å². The van der Waals surface area contributed by atoms with Crippen LogP contribution in [0.2, 0.25) is 0 Å². The third kappa shape index (κ3) is 13.8. The van der Waals surface area contributed by atoms with Gasteiger partial charge in [-0.3, -0.25) is 0 Å². The van der Waals surface area contributed by atoms with Crippen molar-refractivity contribution in [2.75, 3.05) is 0 Å². The molecule has 0 aliphatic carbocycles. The Morgan fingerprint density at radius 1 is 1.32 bits per heavy atom. The number of carbonyl (C=O) groups excluding carboxylic acids is 1. The Labute approximate surface area is 112 Å². The van der Waals surface area contributed by atoms with E-state index in [0.717, 1.165) is 25.0 Å². The highest BCUT2D eigenvalue weighted by Gasteiger charge is 2.19. The van der Waals surface area contributed by atoms with Gasteiger partial charge in [-0.1, -0.05) is 26.0 Å². The molecule has 0 saturated carbocycles. The normalized spacial score (nSPS) is 11.1. The van der Waals surface area contributed by atoms with Crippen LogP contribution in [0.5, 0.6) is 0 Å². The summed E-state index contributed by atoms with van der Waals surface area (Å²) in [6, 6.07) is 0. The SMILES string of the molecule is C=CC(=O)OC(CCCC)C(=O)O.CC=CC(=O)O. The van der Waals surface area contributed by atoms with Crippen LogP contribution in [0.3, 0.4) is 0 Å². The lowest BCUT2D eigenvalue weighted by molar-refractivity contribution is -0.161. The molecule has 0 fully saturated rings. The van der Waals surface area contributed by atoms with E-state index in [1.807, 2.05) is 6.92 Å². The third-order valence-corrected chi connectivity index (χ3v) is 1.83. The Morgan fingerprint density at radius 2 is 1.89 bits per heavy atom. The van der Waals surface area contributed by atoms with Crippen LogP contribution in [0, 0.1) is 0 Å². The minimum Gasteiger partial charge on any atom is -0.479 e. The van der Waals surface area contributed by atoms with E-state index in [0.29, 0.717) is 6.42 Å². The summed E-state index contributed by atoms with van der Waals surface area (Å²) in [5, 5.41) is 16.5. The number of allylic oxidation sites excluding steroid dienone is 1. The quantitative estimate of drug-likeness (QED) is 0.543. The van der Waals surface area contributed by atoms with Crippen molar-refractivity contribution >= 4 is 17.9 Å². The molecule has 0 bridgehead atoms. The van der Waals surface area contributed by atoms with Crippen LogP contribution in [0.15, 0.2) is 24.8 Å². The molecule has 0 amide bonds. The van der Waals surface area contributed by atoms with Crippen LogP contribution >= 0.6 is 0 Å². The molecule has 108 valence electrons. The van der Waals surface area contributed by atoms with Gasteiger partial charge in [0.2, 0.25) is 0 Å². The number of esters is 1. The summed E-state index contributed by atoms with van der Waals surface area (Å²) in [5.74, 6) is -2.69. The van der Waals surface area contributed by atoms with Crippen molar-refractivity contribution in [1.82, 2.24) is 0 Å².